The smallest absolute Gasteiger partial charge is 0.349 e. The first-order valence-electron chi connectivity index (χ1n) is 5.73. The van der Waals surface area contributed by atoms with E-state index in [1.807, 2.05) is 0 Å². The van der Waals surface area contributed by atoms with Gasteiger partial charge in [0.25, 0.3) is 0 Å². The van der Waals surface area contributed by atoms with Crippen LogP contribution in [-0.2, 0) is 38.2 Å². The molecule has 0 saturated heterocycles. The van der Waals surface area contributed by atoms with E-state index in [0.29, 0.717) is 24.3 Å². The summed E-state index contributed by atoms with van der Waals surface area (Å²) in [5.41, 5.74) is 0. The summed E-state index contributed by atoms with van der Waals surface area (Å²) < 4.78 is 8.45. The normalized spacial score (nSPS) is 13.2. The Kier molecular flexibility index (Phi) is 7.90. The maximum absolute atomic E-state index is 11.2. The van der Waals surface area contributed by atoms with Gasteiger partial charge in [-0.05, 0) is 0 Å². The Bertz CT molecular complexity index is 560. The van der Waals surface area contributed by atoms with Gasteiger partial charge in [-0.25, -0.2) is 28.8 Å². The molecule has 12 nitrogen and oxygen atoms in total. The Morgan fingerprint density at radius 3 is 1.08 bits per heavy atom. The third-order valence-corrected chi connectivity index (χ3v) is 1.97. The molecule has 0 spiro atoms. The first-order chi connectivity index (χ1) is 11.0. The van der Waals surface area contributed by atoms with Crippen molar-refractivity contribution in [2.45, 2.75) is 12.2 Å². The minimum atomic E-state index is -2.50. The lowest BCUT2D eigenvalue weighted by molar-refractivity contribution is -0.184. The molecule has 0 aliphatic rings. The van der Waals surface area contributed by atoms with Gasteiger partial charge in [0, 0.05) is 24.3 Å². The quantitative estimate of drug-likeness (QED) is 0.271. The van der Waals surface area contributed by atoms with Crippen LogP contribution in [0.3, 0.4) is 0 Å². The lowest BCUT2D eigenvalue weighted by Gasteiger charge is -2.19. The van der Waals surface area contributed by atoms with E-state index in [1.54, 1.807) is 0 Å². The molecule has 0 aromatic rings. The number of hydrogen-bond acceptors (Lipinski definition) is 8. The van der Waals surface area contributed by atoms with E-state index in [0.717, 1.165) is 0 Å². The predicted octanol–water partition coefficient (Wildman–Crippen LogP) is -1.74. The summed E-state index contributed by atoms with van der Waals surface area (Å²) in [4.78, 5) is 64.8. The van der Waals surface area contributed by atoms with Crippen molar-refractivity contribution in [1.82, 2.24) is 0 Å². The van der Waals surface area contributed by atoms with Gasteiger partial charge in [-0.1, -0.05) is 0 Å². The summed E-state index contributed by atoms with van der Waals surface area (Å²) in [7, 11) is 0. The Morgan fingerprint density at radius 2 is 0.875 bits per heavy atom. The standard InChI is InChI=1S/C12H10O12/c13-5(14)1-3-7(17)23-9(11(19)20)10(12(21)22)24-8(18)4-2-6(15)16/h1-4,9-10H,(H,13,14)(H,15,16)(H,19,20)(H,21,22)/b3-1-,4-2-. The predicted molar refractivity (Wildman–Crippen MR) is 68.6 cm³/mol. The van der Waals surface area contributed by atoms with E-state index < -0.39 is 48.0 Å². The van der Waals surface area contributed by atoms with E-state index in [9.17, 15) is 28.8 Å². The van der Waals surface area contributed by atoms with Gasteiger partial charge in [-0.2, -0.15) is 0 Å². The minimum Gasteiger partial charge on any atom is -0.478 e. The highest BCUT2D eigenvalue weighted by Crippen LogP contribution is 2.08. The Balaban J connectivity index is 5.24. The van der Waals surface area contributed by atoms with E-state index in [4.69, 9.17) is 20.4 Å². The highest BCUT2D eigenvalue weighted by molar-refractivity contribution is 5.95. The van der Waals surface area contributed by atoms with E-state index in [2.05, 4.69) is 9.47 Å². The SMILES string of the molecule is O=C(O)/C=C\C(=O)OC(C(=O)O)C(OC(=O)/C=C\C(=O)O)C(=O)O. The van der Waals surface area contributed by atoms with Crippen molar-refractivity contribution in [2.75, 3.05) is 0 Å². The van der Waals surface area contributed by atoms with Crippen LogP contribution >= 0.6 is 0 Å². The number of carbonyl (C=O) groups is 6. The summed E-state index contributed by atoms with van der Waals surface area (Å²) in [5.74, 6) is -10.2. The van der Waals surface area contributed by atoms with Gasteiger partial charge in [0.1, 0.15) is 0 Å². The van der Waals surface area contributed by atoms with Crippen LogP contribution in [0.2, 0.25) is 0 Å². The molecule has 0 aliphatic carbocycles. The lowest BCUT2D eigenvalue weighted by Crippen LogP contribution is -2.45. The average Bonchev–Trinajstić information content (AvgIpc) is 2.45. The minimum absolute atomic E-state index is 0.304. The van der Waals surface area contributed by atoms with E-state index >= 15 is 0 Å². The van der Waals surface area contributed by atoms with Gasteiger partial charge in [0.15, 0.2) is 0 Å². The third kappa shape index (κ3) is 7.92. The van der Waals surface area contributed by atoms with Crippen LogP contribution in [0.25, 0.3) is 0 Å². The van der Waals surface area contributed by atoms with Crippen LogP contribution in [-0.4, -0.2) is 68.4 Å². The highest BCUT2D eigenvalue weighted by atomic mass is 16.6. The second-order valence-corrected chi connectivity index (χ2v) is 3.73. The van der Waals surface area contributed by atoms with Crippen molar-refractivity contribution in [3.05, 3.63) is 24.3 Å². The molecule has 2 unspecified atom stereocenters. The van der Waals surface area contributed by atoms with Gasteiger partial charge in [-0.3, -0.25) is 0 Å². The van der Waals surface area contributed by atoms with Crippen molar-refractivity contribution in [2.24, 2.45) is 0 Å². The summed E-state index contributed by atoms with van der Waals surface area (Å²) in [5, 5.41) is 34.3. The molecule has 0 radical (unpaired) electrons. The summed E-state index contributed by atoms with van der Waals surface area (Å²) in [6.07, 6.45) is -3.78. The highest BCUT2D eigenvalue weighted by Gasteiger charge is 2.40. The molecule has 0 amide bonds. The zero-order chi connectivity index (χ0) is 18.9. The zero-order valence-corrected chi connectivity index (χ0v) is 11.5. The molecule has 0 rings (SSSR count). The molecule has 0 aromatic heterocycles. The van der Waals surface area contributed by atoms with Gasteiger partial charge in [0.05, 0.1) is 0 Å². The van der Waals surface area contributed by atoms with Crippen LogP contribution in [0, 0.1) is 0 Å². The molecule has 130 valence electrons. The molecule has 0 fully saturated rings. The molecule has 24 heavy (non-hydrogen) atoms. The van der Waals surface area contributed by atoms with Gasteiger partial charge in [-0.15, -0.1) is 0 Å². The largest absolute Gasteiger partial charge is 0.478 e. The number of carboxylic acid groups (broad SMARTS) is 4. The number of aliphatic carboxylic acids is 4. The number of ether oxygens (including phenoxy) is 2. The topological polar surface area (TPSA) is 202 Å². The first-order valence-corrected chi connectivity index (χ1v) is 5.73. The number of carboxylic acids is 4. The number of carbonyl (C=O) groups excluding carboxylic acids is 2. The molecule has 12 heteroatoms. The Morgan fingerprint density at radius 1 is 0.583 bits per heavy atom. The fourth-order valence-corrected chi connectivity index (χ4v) is 1.09. The van der Waals surface area contributed by atoms with Crippen LogP contribution in [0.5, 0.6) is 0 Å². The Hall–Kier alpha value is -3.70. The van der Waals surface area contributed by atoms with Crippen LogP contribution in [0.1, 0.15) is 0 Å². The second-order valence-electron chi connectivity index (χ2n) is 3.73. The molecule has 0 heterocycles. The van der Waals surface area contributed by atoms with Crippen molar-refractivity contribution in [1.29, 1.82) is 0 Å². The van der Waals surface area contributed by atoms with Gasteiger partial charge in [0.2, 0.25) is 12.2 Å². The molecule has 0 aromatic carbocycles. The first kappa shape index (κ1) is 20.3. The number of hydrogen-bond donors (Lipinski definition) is 4. The monoisotopic (exact) mass is 346 g/mol. The Labute approximate surface area is 132 Å². The maximum atomic E-state index is 11.2. The summed E-state index contributed by atoms with van der Waals surface area (Å²) in [6.45, 7) is 0. The van der Waals surface area contributed by atoms with Crippen molar-refractivity contribution < 1.29 is 58.7 Å². The fraction of sp³-hybridized carbons (Fsp3) is 0.167. The lowest BCUT2D eigenvalue weighted by atomic mass is 10.2. The molecule has 0 aliphatic heterocycles. The van der Waals surface area contributed by atoms with Crippen molar-refractivity contribution in [3.8, 4) is 0 Å². The van der Waals surface area contributed by atoms with Gasteiger partial charge >= 0.3 is 35.8 Å². The van der Waals surface area contributed by atoms with Crippen LogP contribution in [0.4, 0.5) is 0 Å². The third-order valence-electron chi connectivity index (χ3n) is 1.97. The maximum Gasteiger partial charge on any atom is 0.349 e. The molecule has 2 atom stereocenters. The van der Waals surface area contributed by atoms with Crippen LogP contribution in [0.15, 0.2) is 24.3 Å². The molecular formula is C12H10O12. The second kappa shape index (κ2) is 9.34. The van der Waals surface area contributed by atoms with Gasteiger partial charge < -0.3 is 29.9 Å². The summed E-state index contributed by atoms with van der Waals surface area (Å²) >= 11 is 0. The molecule has 0 saturated carbocycles. The molecular weight excluding hydrogens is 336 g/mol. The zero-order valence-electron chi connectivity index (χ0n) is 11.5. The molecule has 4 N–H and O–H groups in total. The van der Waals surface area contributed by atoms with E-state index in [-0.39, 0.29) is 0 Å². The van der Waals surface area contributed by atoms with E-state index in [1.165, 1.54) is 0 Å². The van der Waals surface area contributed by atoms with Crippen LogP contribution < -0.4 is 0 Å². The van der Waals surface area contributed by atoms with Crippen molar-refractivity contribution in [3.63, 3.8) is 0 Å². The fourth-order valence-electron chi connectivity index (χ4n) is 1.09. The number of rotatable bonds is 9. The summed E-state index contributed by atoms with van der Waals surface area (Å²) in [6, 6.07) is 0. The number of esters is 2. The molecule has 0 bridgehead atoms. The van der Waals surface area contributed by atoms with Crippen molar-refractivity contribution >= 4 is 35.8 Å². The average molecular weight is 346 g/mol.